The Morgan fingerprint density at radius 1 is 0.774 bits per heavy atom. The van der Waals surface area contributed by atoms with Crippen LogP contribution in [0.25, 0.3) is 32.3 Å². The van der Waals surface area contributed by atoms with Crippen LogP contribution in [-0.2, 0) is 12.3 Å². The van der Waals surface area contributed by atoms with E-state index in [1.54, 1.807) is 12.1 Å². The number of unbranched alkanes of at least 4 members (excludes halogenated alkanes) is 1. The molecule has 0 bridgehead atoms. The largest absolute Gasteiger partial charge is 0.478 e. The molecule has 0 aromatic heterocycles. The Hall–Kier alpha value is -3.10. The van der Waals surface area contributed by atoms with Gasteiger partial charge in [0.2, 0.25) is 0 Å². The molecule has 0 spiro atoms. The quantitative estimate of drug-likeness (QED) is 0.227. The number of carboxylic acids is 1. The van der Waals surface area contributed by atoms with Crippen molar-refractivity contribution in [1.29, 1.82) is 0 Å². The Kier molecular flexibility index (Phi) is 6.39. The fraction of sp³-hybridized carbons (Fsp3) is 0.179. The van der Waals surface area contributed by atoms with Gasteiger partial charge in [-0.15, -0.1) is 11.6 Å². The average Bonchev–Trinajstić information content (AvgIpc) is 2.81. The number of hydrogen-bond acceptors (Lipinski definition) is 1. The van der Waals surface area contributed by atoms with Crippen molar-refractivity contribution < 1.29 is 9.90 Å². The summed E-state index contributed by atoms with van der Waals surface area (Å²) >= 11 is 5.79. The van der Waals surface area contributed by atoms with Gasteiger partial charge in [0.15, 0.2) is 0 Å². The fourth-order valence-electron chi connectivity index (χ4n) is 4.28. The lowest BCUT2D eigenvalue weighted by Gasteiger charge is -2.09. The lowest BCUT2D eigenvalue weighted by molar-refractivity contribution is 0.0695. The second-order valence-corrected chi connectivity index (χ2v) is 8.04. The lowest BCUT2D eigenvalue weighted by Crippen LogP contribution is -2.05. The highest BCUT2D eigenvalue weighted by Gasteiger charge is 2.12. The Morgan fingerprint density at radius 3 is 1.68 bits per heavy atom. The van der Waals surface area contributed by atoms with Gasteiger partial charge in [0.25, 0.3) is 0 Å². The van der Waals surface area contributed by atoms with E-state index in [9.17, 15) is 4.79 Å². The number of alkyl halides is 1. The van der Waals surface area contributed by atoms with Crippen molar-refractivity contribution in [2.75, 3.05) is 0 Å². The van der Waals surface area contributed by atoms with Crippen molar-refractivity contribution in [1.82, 2.24) is 0 Å². The number of halogens is 1. The number of carboxylic acid groups (broad SMARTS) is 1. The van der Waals surface area contributed by atoms with Gasteiger partial charge in [-0.25, -0.2) is 4.79 Å². The number of carbonyl (C=O) groups is 1. The van der Waals surface area contributed by atoms with E-state index in [4.69, 9.17) is 16.7 Å². The maximum absolute atomic E-state index is 11.0. The van der Waals surface area contributed by atoms with Crippen molar-refractivity contribution in [3.8, 4) is 0 Å². The van der Waals surface area contributed by atoms with E-state index in [1.165, 1.54) is 32.3 Å². The summed E-state index contributed by atoms with van der Waals surface area (Å²) in [5, 5.41) is 17.2. The SMILES string of the molecule is CCCCc1c(CCl)cccc1C(=O)O.c1cc2ccc3cccc4ccc(c1)c2c34. The first-order valence-corrected chi connectivity index (χ1v) is 11.2. The van der Waals surface area contributed by atoms with E-state index in [2.05, 4.69) is 67.6 Å². The summed E-state index contributed by atoms with van der Waals surface area (Å²) in [6.07, 6.45) is 2.84. The molecule has 31 heavy (non-hydrogen) atoms. The van der Waals surface area contributed by atoms with Gasteiger partial charge in [-0.1, -0.05) is 86.1 Å². The Bertz CT molecular complexity index is 1210. The third-order valence-corrected chi connectivity index (χ3v) is 6.11. The third kappa shape index (κ3) is 4.22. The van der Waals surface area contributed by atoms with Gasteiger partial charge < -0.3 is 5.11 Å². The maximum Gasteiger partial charge on any atom is 0.335 e. The Morgan fingerprint density at radius 2 is 1.26 bits per heavy atom. The zero-order valence-electron chi connectivity index (χ0n) is 17.6. The van der Waals surface area contributed by atoms with Crippen molar-refractivity contribution in [3.05, 3.63) is 95.6 Å². The van der Waals surface area contributed by atoms with E-state index in [1.807, 2.05) is 6.07 Å². The van der Waals surface area contributed by atoms with Crippen molar-refractivity contribution in [2.24, 2.45) is 0 Å². The molecule has 0 amide bonds. The molecule has 156 valence electrons. The van der Waals surface area contributed by atoms with E-state index in [0.29, 0.717) is 11.4 Å². The van der Waals surface area contributed by atoms with Crippen LogP contribution in [0, 0.1) is 0 Å². The van der Waals surface area contributed by atoms with Crippen LogP contribution in [0.3, 0.4) is 0 Å². The molecule has 0 saturated heterocycles. The zero-order valence-corrected chi connectivity index (χ0v) is 18.3. The van der Waals surface area contributed by atoms with Crippen LogP contribution >= 0.6 is 11.6 Å². The van der Waals surface area contributed by atoms with Gasteiger partial charge in [-0.2, -0.15) is 0 Å². The van der Waals surface area contributed by atoms with Gasteiger partial charge in [-0.3, -0.25) is 0 Å². The van der Waals surface area contributed by atoms with Crippen LogP contribution in [0.2, 0.25) is 0 Å². The Balaban J connectivity index is 0.000000150. The minimum absolute atomic E-state index is 0.375. The molecular formula is C28H25ClO2. The molecule has 1 N–H and O–H groups in total. The summed E-state index contributed by atoms with van der Waals surface area (Å²) in [5.74, 6) is -0.492. The lowest BCUT2D eigenvalue weighted by atomic mass is 9.95. The van der Waals surface area contributed by atoms with Crippen LogP contribution < -0.4 is 0 Å². The van der Waals surface area contributed by atoms with Crippen LogP contribution in [0.1, 0.15) is 41.3 Å². The molecule has 5 aromatic carbocycles. The zero-order chi connectivity index (χ0) is 21.8. The summed E-state index contributed by atoms with van der Waals surface area (Å²) in [6, 6.07) is 27.1. The molecule has 0 aliphatic heterocycles. The monoisotopic (exact) mass is 428 g/mol. The predicted molar refractivity (Wildman–Crippen MR) is 132 cm³/mol. The molecule has 0 fully saturated rings. The van der Waals surface area contributed by atoms with Crippen LogP contribution in [-0.4, -0.2) is 11.1 Å². The van der Waals surface area contributed by atoms with Gasteiger partial charge in [-0.05, 0) is 62.4 Å². The van der Waals surface area contributed by atoms with E-state index in [0.717, 1.165) is 30.4 Å². The van der Waals surface area contributed by atoms with E-state index >= 15 is 0 Å². The Labute approximate surface area is 187 Å². The predicted octanol–water partition coefficient (Wildman–Crippen LogP) is 8.05. The molecule has 5 rings (SSSR count). The minimum atomic E-state index is -0.868. The molecule has 2 nitrogen and oxygen atoms in total. The third-order valence-electron chi connectivity index (χ3n) is 5.82. The first kappa shape index (κ1) is 21.1. The molecule has 0 unspecified atom stereocenters. The fourth-order valence-corrected chi connectivity index (χ4v) is 4.53. The molecular weight excluding hydrogens is 404 g/mol. The van der Waals surface area contributed by atoms with Crippen molar-refractivity contribution in [3.63, 3.8) is 0 Å². The molecule has 0 radical (unpaired) electrons. The van der Waals surface area contributed by atoms with E-state index < -0.39 is 5.97 Å². The van der Waals surface area contributed by atoms with Crippen molar-refractivity contribution in [2.45, 2.75) is 32.1 Å². The molecule has 0 atom stereocenters. The smallest absolute Gasteiger partial charge is 0.335 e. The first-order valence-electron chi connectivity index (χ1n) is 10.7. The summed E-state index contributed by atoms with van der Waals surface area (Å²) in [4.78, 5) is 11.0. The van der Waals surface area contributed by atoms with Crippen LogP contribution in [0.15, 0.2) is 78.9 Å². The molecule has 0 saturated carbocycles. The highest BCUT2D eigenvalue weighted by molar-refractivity contribution is 6.22. The number of aromatic carboxylic acids is 1. The summed E-state index contributed by atoms with van der Waals surface area (Å²) < 4.78 is 0. The normalized spacial score (nSPS) is 11.0. The van der Waals surface area contributed by atoms with Crippen molar-refractivity contribution >= 4 is 49.9 Å². The minimum Gasteiger partial charge on any atom is -0.478 e. The maximum atomic E-state index is 11.0. The number of hydrogen-bond donors (Lipinski definition) is 1. The average molecular weight is 429 g/mol. The highest BCUT2D eigenvalue weighted by Crippen LogP contribution is 2.33. The summed E-state index contributed by atoms with van der Waals surface area (Å²) in [5.41, 5.74) is 2.22. The van der Waals surface area contributed by atoms with Gasteiger partial charge in [0.05, 0.1) is 5.56 Å². The van der Waals surface area contributed by atoms with Gasteiger partial charge in [0.1, 0.15) is 0 Å². The second kappa shape index (κ2) is 9.36. The topological polar surface area (TPSA) is 37.3 Å². The highest BCUT2D eigenvalue weighted by atomic mass is 35.5. The summed E-state index contributed by atoms with van der Waals surface area (Å²) in [6.45, 7) is 2.09. The number of benzene rings is 5. The first-order chi connectivity index (χ1) is 15.1. The van der Waals surface area contributed by atoms with Gasteiger partial charge in [0, 0.05) is 5.88 Å². The molecule has 3 heteroatoms. The molecule has 0 aliphatic rings. The molecule has 0 aliphatic carbocycles. The second-order valence-electron chi connectivity index (χ2n) is 7.78. The van der Waals surface area contributed by atoms with E-state index in [-0.39, 0.29) is 0 Å². The van der Waals surface area contributed by atoms with Gasteiger partial charge >= 0.3 is 5.97 Å². The molecule has 5 aromatic rings. The van der Waals surface area contributed by atoms with Crippen LogP contribution in [0.4, 0.5) is 0 Å². The van der Waals surface area contributed by atoms with Crippen LogP contribution in [0.5, 0.6) is 0 Å². The standard InChI is InChI=1S/C16H10.C12H15ClO2/c1-3-11-7-9-13-5-2-6-14-10-8-12(4-1)15(11)16(13)14;1-2-3-6-10-9(8-13)5-4-7-11(10)12(14)15/h1-10H;4-5,7H,2-3,6,8H2,1H3,(H,14,15). The number of rotatable bonds is 5. The summed E-state index contributed by atoms with van der Waals surface area (Å²) in [7, 11) is 0. The molecule has 0 heterocycles.